The lowest BCUT2D eigenvalue weighted by Crippen LogP contribution is -2.24. The monoisotopic (exact) mass is 314 g/mol. The average Bonchev–Trinajstić information content (AvgIpc) is 2.82. The van der Waals surface area contributed by atoms with E-state index >= 15 is 0 Å². The molecule has 0 spiro atoms. The van der Waals surface area contributed by atoms with E-state index in [1.54, 1.807) is 24.4 Å². The number of aromatic amines is 1. The summed E-state index contributed by atoms with van der Waals surface area (Å²) in [5.74, 6) is 0. The molecule has 108 valence electrons. The first-order valence-corrected chi connectivity index (χ1v) is 8.16. The fraction of sp³-hybridized carbons (Fsp3) is 0.250. The van der Waals surface area contributed by atoms with Crippen LogP contribution in [0.5, 0.6) is 0 Å². The maximum Gasteiger partial charge on any atom is 0.304 e. The Hall–Kier alpha value is -1.48. The number of hydrogen-bond acceptors (Lipinski definition) is 5. The molecule has 0 atom stereocenters. The Balaban J connectivity index is 2.24. The van der Waals surface area contributed by atoms with Crippen molar-refractivity contribution in [2.24, 2.45) is 0 Å². The van der Waals surface area contributed by atoms with Gasteiger partial charge in [0.2, 0.25) is 10.0 Å². The Morgan fingerprint density at radius 3 is 2.75 bits per heavy atom. The summed E-state index contributed by atoms with van der Waals surface area (Å²) in [7, 11) is -3.69. The van der Waals surface area contributed by atoms with E-state index in [0.29, 0.717) is 16.8 Å². The first kappa shape index (κ1) is 14.9. The molecule has 0 saturated heterocycles. The van der Waals surface area contributed by atoms with Crippen molar-refractivity contribution in [3.8, 4) is 0 Å². The maximum absolute atomic E-state index is 12.2. The molecule has 0 radical (unpaired) electrons. The first-order chi connectivity index (χ1) is 9.44. The van der Waals surface area contributed by atoms with E-state index in [1.165, 1.54) is 6.07 Å². The third-order valence-electron chi connectivity index (χ3n) is 2.88. The summed E-state index contributed by atoms with van der Waals surface area (Å²) in [5.41, 5.74) is 1.60. The molecule has 2 aromatic rings. The molecule has 1 heterocycles. The Morgan fingerprint density at radius 1 is 1.40 bits per heavy atom. The van der Waals surface area contributed by atoms with Gasteiger partial charge in [-0.2, -0.15) is 0 Å². The minimum absolute atomic E-state index is 0.0177. The second kappa shape index (κ2) is 5.88. The van der Waals surface area contributed by atoms with Gasteiger partial charge < -0.3 is 10.1 Å². The van der Waals surface area contributed by atoms with Crippen LogP contribution in [0.1, 0.15) is 16.8 Å². The Labute approximate surface area is 120 Å². The van der Waals surface area contributed by atoms with E-state index in [0.717, 1.165) is 11.3 Å². The van der Waals surface area contributed by atoms with Crippen LogP contribution in [0.15, 0.2) is 33.3 Å². The number of aromatic nitrogens is 1. The van der Waals surface area contributed by atoms with Gasteiger partial charge in [0.25, 0.3) is 0 Å². The highest BCUT2D eigenvalue weighted by atomic mass is 32.2. The molecule has 0 aliphatic rings. The summed E-state index contributed by atoms with van der Waals surface area (Å²) < 4.78 is 26.9. The summed E-state index contributed by atoms with van der Waals surface area (Å²) >= 11 is 0.981. The van der Waals surface area contributed by atoms with Crippen LogP contribution in [-0.4, -0.2) is 18.5 Å². The van der Waals surface area contributed by atoms with E-state index in [-0.39, 0.29) is 22.9 Å². The predicted octanol–water partition coefficient (Wildman–Crippen LogP) is 0.716. The topological polar surface area (TPSA) is 99.3 Å². The van der Waals surface area contributed by atoms with Gasteiger partial charge in [-0.1, -0.05) is 23.5 Å². The highest BCUT2D eigenvalue weighted by molar-refractivity contribution is 7.89. The standard InChI is InChI=1S/C12H14N2O4S2/c1-8-9(6-15)3-2-4-11(8)20(17,18)13-5-10-7-19-12(16)14-10/h2-4,7,13,15H,5-6H2,1H3,(H,14,16). The fourth-order valence-electron chi connectivity index (χ4n) is 1.77. The van der Waals surface area contributed by atoms with Gasteiger partial charge in [0.1, 0.15) is 0 Å². The minimum Gasteiger partial charge on any atom is -0.392 e. The number of aliphatic hydroxyl groups excluding tert-OH is 1. The molecule has 1 aromatic carbocycles. The largest absolute Gasteiger partial charge is 0.392 e. The molecule has 0 unspecified atom stereocenters. The van der Waals surface area contributed by atoms with E-state index in [9.17, 15) is 13.2 Å². The van der Waals surface area contributed by atoms with Crippen molar-refractivity contribution in [1.82, 2.24) is 9.71 Å². The normalized spacial score (nSPS) is 11.7. The molecular formula is C12H14N2O4S2. The smallest absolute Gasteiger partial charge is 0.304 e. The van der Waals surface area contributed by atoms with Crippen molar-refractivity contribution in [1.29, 1.82) is 0 Å². The second-order valence-corrected chi connectivity index (χ2v) is 6.77. The van der Waals surface area contributed by atoms with Crippen molar-refractivity contribution in [3.63, 3.8) is 0 Å². The highest BCUT2D eigenvalue weighted by Crippen LogP contribution is 2.19. The highest BCUT2D eigenvalue weighted by Gasteiger charge is 2.18. The van der Waals surface area contributed by atoms with Crippen LogP contribution >= 0.6 is 11.3 Å². The van der Waals surface area contributed by atoms with Crippen molar-refractivity contribution in [2.45, 2.75) is 25.0 Å². The molecule has 20 heavy (non-hydrogen) atoms. The minimum atomic E-state index is -3.69. The number of benzene rings is 1. The van der Waals surface area contributed by atoms with Gasteiger partial charge in [-0.05, 0) is 24.1 Å². The van der Waals surface area contributed by atoms with Crippen molar-refractivity contribution in [2.75, 3.05) is 0 Å². The molecule has 3 N–H and O–H groups in total. The van der Waals surface area contributed by atoms with Crippen molar-refractivity contribution < 1.29 is 13.5 Å². The number of aliphatic hydroxyl groups is 1. The van der Waals surface area contributed by atoms with Gasteiger partial charge in [-0.15, -0.1) is 0 Å². The van der Waals surface area contributed by atoms with E-state index in [1.807, 2.05) is 0 Å². The molecule has 6 nitrogen and oxygen atoms in total. The Morgan fingerprint density at radius 2 is 2.15 bits per heavy atom. The first-order valence-electron chi connectivity index (χ1n) is 5.80. The number of thiazole rings is 1. The van der Waals surface area contributed by atoms with Crippen LogP contribution in [0.3, 0.4) is 0 Å². The fourth-order valence-corrected chi connectivity index (χ4v) is 3.65. The second-order valence-electron chi connectivity index (χ2n) is 4.20. The SMILES string of the molecule is Cc1c(CO)cccc1S(=O)(=O)NCc1csc(=O)[nH]1. The van der Waals surface area contributed by atoms with Crippen molar-refractivity contribution in [3.05, 3.63) is 50.1 Å². The Kier molecular flexibility index (Phi) is 4.39. The summed E-state index contributed by atoms with van der Waals surface area (Å²) in [6.45, 7) is 1.45. The number of rotatable bonds is 5. The molecule has 2 rings (SSSR count). The molecule has 0 saturated carbocycles. The zero-order valence-electron chi connectivity index (χ0n) is 10.7. The number of hydrogen-bond donors (Lipinski definition) is 3. The summed E-state index contributed by atoms with van der Waals surface area (Å²) in [6.07, 6.45) is 0. The van der Waals surface area contributed by atoms with Gasteiger partial charge in [0, 0.05) is 11.1 Å². The molecule has 0 fully saturated rings. The lowest BCUT2D eigenvalue weighted by molar-refractivity contribution is 0.280. The third kappa shape index (κ3) is 3.15. The lowest BCUT2D eigenvalue weighted by atomic mass is 10.1. The van der Waals surface area contributed by atoms with Gasteiger partial charge in [0.05, 0.1) is 18.0 Å². The predicted molar refractivity (Wildman–Crippen MR) is 76.1 cm³/mol. The number of sulfonamides is 1. The van der Waals surface area contributed by atoms with Crippen LogP contribution in [0.4, 0.5) is 0 Å². The van der Waals surface area contributed by atoms with Gasteiger partial charge in [-0.3, -0.25) is 4.79 Å². The molecule has 0 bridgehead atoms. The van der Waals surface area contributed by atoms with Gasteiger partial charge in [0.15, 0.2) is 0 Å². The molecule has 8 heteroatoms. The van der Waals surface area contributed by atoms with E-state index < -0.39 is 10.0 Å². The Bertz CT molecular complexity index is 762. The summed E-state index contributed by atoms with van der Waals surface area (Å²) in [6, 6.07) is 4.73. The molecule has 0 aliphatic heterocycles. The molecule has 0 aliphatic carbocycles. The molecule has 1 aromatic heterocycles. The number of nitrogens with one attached hydrogen (secondary N) is 2. The van der Waals surface area contributed by atoms with Crippen LogP contribution in [0.25, 0.3) is 0 Å². The van der Waals surface area contributed by atoms with Crippen molar-refractivity contribution >= 4 is 21.4 Å². The van der Waals surface area contributed by atoms with Gasteiger partial charge >= 0.3 is 4.87 Å². The van der Waals surface area contributed by atoms with Gasteiger partial charge in [-0.25, -0.2) is 13.1 Å². The maximum atomic E-state index is 12.2. The van der Waals surface area contributed by atoms with Crippen LogP contribution in [0.2, 0.25) is 0 Å². The quantitative estimate of drug-likeness (QED) is 0.757. The summed E-state index contributed by atoms with van der Waals surface area (Å²) in [5, 5.41) is 10.7. The number of H-pyrrole nitrogens is 1. The zero-order chi connectivity index (χ0) is 14.8. The zero-order valence-corrected chi connectivity index (χ0v) is 12.3. The van der Waals surface area contributed by atoms with Crippen LogP contribution in [0, 0.1) is 6.92 Å². The molecular weight excluding hydrogens is 300 g/mol. The van der Waals surface area contributed by atoms with Crippen LogP contribution in [-0.2, 0) is 23.2 Å². The third-order valence-corrected chi connectivity index (χ3v) is 5.14. The molecule has 0 amide bonds. The average molecular weight is 314 g/mol. The summed E-state index contributed by atoms with van der Waals surface area (Å²) in [4.78, 5) is 13.4. The van der Waals surface area contributed by atoms with E-state index in [4.69, 9.17) is 5.11 Å². The van der Waals surface area contributed by atoms with Crippen LogP contribution < -0.4 is 9.60 Å². The lowest BCUT2D eigenvalue weighted by Gasteiger charge is -2.11. The van der Waals surface area contributed by atoms with E-state index in [2.05, 4.69) is 9.71 Å².